The summed E-state index contributed by atoms with van der Waals surface area (Å²) < 4.78 is 0. The van der Waals surface area contributed by atoms with Crippen LogP contribution in [0, 0.1) is 12.3 Å². The van der Waals surface area contributed by atoms with Gasteiger partial charge in [0.2, 0.25) is 0 Å². The van der Waals surface area contributed by atoms with Gasteiger partial charge in [0, 0.05) is 18.8 Å². The molecule has 2 nitrogen and oxygen atoms in total. The van der Waals surface area contributed by atoms with E-state index in [-0.39, 0.29) is 0 Å². The smallest absolute Gasteiger partial charge is 0.0370 e. The molecule has 1 aliphatic heterocycles. The van der Waals surface area contributed by atoms with E-state index >= 15 is 0 Å². The molecule has 0 radical (unpaired) electrons. The van der Waals surface area contributed by atoms with Crippen LogP contribution in [-0.2, 0) is 0 Å². The number of anilines is 1. The summed E-state index contributed by atoms with van der Waals surface area (Å²) in [7, 11) is 0. The van der Waals surface area contributed by atoms with Gasteiger partial charge in [0.1, 0.15) is 0 Å². The Morgan fingerprint density at radius 1 is 1.10 bits per heavy atom. The van der Waals surface area contributed by atoms with Crippen LogP contribution in [0.4, 0.5) is 5.69 Å². The second kappa shape index (κ2) is 7.12. The van der Waals surface area contributed by atoms with E-state index in [0.29, 0.717) is 5.41 Å². The standard InChI is InChI=1S/C18H30N2/c1-4-18(5-2)10-13-20(14-11-18)15-12-19-17-9-7-6-8-16(17)3/h6-9,19H,4-5,10-15H2,1-3H3. The minimum absolute atomic E-state index is 0.639. The average molecular weight is 274 g/mol. The van der Waals surface area contributed by atoms with Crippen LogP contribution in [0.15, 0.2) is 24.3 Å². The fraction of sp³-hybridized carbons (Fsp3) is 0.667. The first-order chi connectivity index (χ1) is 9.69. The Kier molecular flexibility index (Phi) is 5.47. The lowest BCUT2D eigenvalue weighted by molar-refractivity contribution is 0.0983. The minimum Gasteiger partial charge on any atom is -0.384 e. The van der Waals surface area contributed by atoms with Crippen molar-refractivity contribution in [3.63, 3.8) is 0 Å². The van der Waals surface area contributed by atoms with E-state index in [1.165, 1.54) is 50.0 Å². The first-order valence-electron chi connectivity index (χ1n) is 8.21. The normalized spacial score (nSPS) is 18.9. The molecule has 0 aromatic heterocycles. The van der Waals surface area contributed by atoms with Gasteiger partial charge in [0.25, 0.3) is 0 Å². The lowest BCUT2D eigenvalue weighted by Gasteiger charge is -2.41. The lowest BCUT2D eigenvalue weighted by atomic mass is 9.74. The Morgan fingerprint density at radius 2 is 1.75 bits per heavy atom. The van der Waals surface area contributed by atoms with Gasteiger partial charge in [0.15, 0.2) is 0 Å². The summed E-state index contributed by atoms with van der Waals surface area (Å²) in [6.45, 7) is 11.7. The zero-order chi connectivity index (χ0) is 14.4. The summed E-state index contributed by atoms with van der Waals surface area (Å²) in [6.07, 6.45) is 5.45. The van der Waals surface area contributed by atoms with E-state index in [2.05, 4.69) is 55.3 Å². The molecule has 2 heteroatoms. The Bertz CT molecular complexity index is 400. The molecule has 2 rings (SSSR count). The Balaban J connectivity index is 1.73. The van der Waals surface area contributed by atoms with Gasteiger partial charge >= 0.3 is 0 Å². The third-order valence-electron chi connectivity index (χ3n) is 5.31. The van der Waals surface area contributed by atoms with E-state index in [1.54, 1.807) is 0 Å². The lowest BCUT2D eigenvalue weighted by Crippen LogP contribution is -2.41. The van der Waals surface area contributed by atoms with Gasteiger partial charge in [-0.2, -0.15) is 0 Å². The third-order valence-corrected chi connectivity index (χ3v) is 5.31. The van der Waals surface area contributed by atoms with Crippen molar-refractivity contribution in [2.75, 3.05) is 31.5 Å². The van der Waals surface area contributed by atoms with Crippen LogP contribution >= 0.6 is 0 Å². The van der Waals surface area contributed by atoms with E-state index in [0.717, 1.165) is 13.1 Å². The van der Waals surface area contributed by atoms with Crippen molar-refractivity contribution >= 4 is 5.69 Å². The van der Waals surface area contributed by atoms with Crippen molar-refractivity contribution < 1.29 is 0 Å². The SMILES string of the molecule is CCC1(CC)CCN(CCNc2ccccc2C)CC1. The van der Waals surface area contributed by atoms with Crippen molar-refractivity contribution in [3.8, 4) is 0 Å². The molecule has 1 saturated heterocycles. The summed E-state index contributed by atoms with van der Waals surface area (Å²) in [4.78, 5) is 2.62. The van der Waals surface area contributed by atoms with E-state index in [4.69, 9.17) is 0 Å². The largest absolute Gasteiger partial charge is 0.384 e. The van der Waals surface area contributed by atoms with E-state index < -0.39 is 0 Å². The Hall–Kier alpha value is -1.02. The van der Waals surface area contributed by atoms with Crippen LogP contribution in [0.1, 0.15) is 45.1 Å². The number of aryl methyl sites for hydroxylation is 1. The quantitative estimate of drug-likeness (QED) is 0.831. The zero-order valence-electron chi connectivity index (χ0n) is 13.4. The number of nitrogens with one attached hydrogen (secondary N) is 1. The van der Waals surface area contributed by atoms with Crippen LogP contribution < -0.4 is 5.32 Å². The van der Waals surface area contributed by atoms with Crippen molar-refractivity contribution in [1.82, 2.24) is 4.90 Å². The molecule has 0 bridgehead atoms. The van der Waals surface area contributed by atoms with Crippen molar-refractivity contribution in [1.29, 1.82) is 0 Å². The summed E-state index contributed by atoms with van der Waals surface area (Å²) in [5.74, 6) is 0. The number of hydrogen-bond acceptors (Lipinski definition) is 2. The van der Waals surface area contributed by atoms with Gasteiger partial charge in [-0.3, -0.25) is 0 Å². The monoisotopic (exact) mass is 274 g/mol. The van der Waals surface area contributed by atoms with E-state index in [9.17, 15) is 0 Å². The van der Waals surface area contributed by atoms with Gasteiger partial charge in [-0.05, 0) is 49.9 Å². The number of piperidine rings is 1. The van der Waals surface area contributed by atoms with Crippen LogP contribution in [-0.4, -0.2) is 31.1 Å². The van der Waals surface area contributed by atoms with Crippen LogP contribution in [0.25, 0.3) is 0 Å². The molecular weight excluding hydrogens is 244 g/mol. The van der Waals surface area contributed by atoms with Crippen LogP contribution in [0.2, 0.25) is 0 Å². The fourth-order valence-corrected chi connectivity index (χ4v) is 3.33. The predicted octanol–water partition coefficient (Wildman–Crippen LogP) is 4.31. The topological polar surface area (TPSA) is 15.3 Å². The Morgan fingerprint density at radius 3 is 2.35 bits per heavy atom. The molecule has 1 aromatic rings. The average Bonchev–Trinajstić information content (AvgIpc) is 2.50. The van der Waals surface area contributed by atoms with Gasteiger partial charge < -0.3 is 10.2 Å². The number of hydrogen-bond donors (Lipinski definition) is 1. The molecule has 0 amide bonds. The number of benzene rings is 1. The maximum Gasteiger partial charge on any atom is 0.0370 e. The second-order valence-electron chi connectivity index (χ2n) is 6.29. The molecular formula is C18H30N2. The highest BCUT2D eigenvalue weighted by Gasteiger charge is 2.30. The molecule has 112 valence electrons. The van der Waals surface area contributed by atoms with Gasteiger partial charge in [-0.1, -0.05) is 44.9 Å². The van der Waals surface area contributed by atoms with Crippen LogP contribution in [0.5, 0.6) is 0 Å². The molecule has 1 fully saturated rings. The molecule has 0 aliphatic carbocycles. The van der Waals surface area contributed by atoms with Crippen molar-refractivity contribution in [3.05, 3.63) is 29.8 Å². The number of nitrogens with zero attached hydrogens (tertiary/aromatic N) is 1. The van der Waals surface area contributed by atoms with Crippen molar-refractivity contribution in [2.24, 2.45) is 5.41 Å². The van der Waals surface area contributed by atoms with Crippen molar-refractivity contribution in [2.45, 2.75) is 46.5 Å². The summed E-state index contributed by atoms with van der Waals surface area (Å²) in [5, 5.41) is 3.57. The number of likely N-dealkylation sites (tertiary alicyclic amines) is 1. The highest BCUT2D eigenvalue weighted by atomic mass is 15.1. The maximum atomic E-state index is 3.57. The maximum absolute atomic E-state index is 3.57. The summed E-state index contributed by atoms with van der Waals surface area (Å²) >= 11 is 0. The molecule has 20 heavy (non-hydrogen) atoms. The summed E-state index contributed by atoms with van der Waals surface area (Å²) in [6, 6.07) is 8.54. The van der Waals surface area contributed by atoms with E-state index in [1.807, 2.05) is 0 Å². The van der Waals surface area contributed by atoms with Gasteiger partial charge in [0.05, 0.1) is 0 Å². The molecule has 0 spiro atoms. The predicted molar refractivity (Wildman–Crippen MR) is 88.4 cm³/mol. The summed E-state index contributed by atoms with van der Waals surface area (Å²) in [5.41, 5.74) is 3.25. The fourth-order valence-electron chi connectivity index (χ4n) is 3.33. The second-order valence-corrected chi connectivity index (χ2v) is 6.29. The molecule has 0 atom stereocenters. The molecule has 1 aromatic carbocycles. The minimum atomic E-state index is 0.639. The molecule has 0 saturated carbocycles. The number of rotatable bonds is 6. The third kappa shape index (κ3) is 3.76. The highest BCUT2D eigenvalue weighted by molar-refractivity contribution is 5.50. The van der Waals surface area contributed by atoms with Crippen LogP contribution in [0.3, 0.4) is 0 Å². The highest BCUT2D eigenvalue weighted by Crippen LogP contribution is 2.37. The molecule has 0 unspecified atom stereocenters. The first-order valence-corrected chi connectivity index (χ1v) is 8.21. The molecule has 1 N–H and O–H groups in total. The Labute approximate surface area is 124 Å². The number of para-hydroxylation sites is 1. The molecule has 1 heterocycles. The van der Waals surface area contributed by atoms with Gasteiger partial charge in [-0.25, -0.2) is 0 Å². The molecule has 1 aliphatic rings. The zero-order valence-corrected chi connectivity index (χ0v) is 13.4. The van der Waals surface area contributed by atoms with Gasteiger partial charge in [-0.15, -0.1) is 0 Å². The first kappa shape index (κ1) is 15.4.